The molecule has 14 rings (SSSR count). The van der Waals surface area contributed by atoms with Crippen molar-refractivity contribution >= 4 is 110 Å². The number of hydrogen-bond acceptors (Lipinski definition) is 4. The zero-order valence-corrected chi connectivity index (χ0v) is 41.9. The Bertz CT molecular complexity index is 3820. The lowest BCUT2D eigenvalue weighted by Gasteiger charge is -2.30. The molecule has 0 bridgehead atoms. The molecule has 72 heavy (non-hydrogen) atoms. The number of aryl methyl sites for hydroxylation is 4. The molecule has 2 fully saturated rings. The number of anilines is 6. The summed E-state index contributed by atoms with van der Waals surface area (Å²) < 4.78 is 14.5. The Hall–Kier alpha value is -7.56. The third kappa shape index (κ3) is 6.78. The van der Waals surface area contributed by atoms with Crippen molar-refractivity contribution in [3.05, 3.63) is 191 Å². The highest BCUT2D eigenvalue weighted by Crippen LogP contribution is 2.52. The average Bonchev–Trinajstić information content (AvgIpc) is 4.00. The number of para-hydroxylation sites is 4. The smallest absolute Gasteiger partial charge is 0.159 e. The predicted molar refractivity (Wildman–Crippen MR) is 305 cm³/mol. The molecule has 0 spiro atoms. The lowest BCUT2D eigenvalue weighted by molar-refractivity contribution is 0.442. The van der Waals surface area contributed by atoms with Gasteiger partial charge in [0.15, 0.2) is 11.2 Å². The summed E-state index contributed by atoms with van der Waals surface area (Å²) in [5.41, 5.74) is 18.2. The van der Waals surface area contributed by atoms with Crippen LogP contribution in [-0.4, -0.2) is 0 Å². The van der Waals surface area contributed by atoms with E-state index in [9.17, 15) is 0 Å². The molecule has 0 atom stereocenters. The summed E-state index contributed by atoms with van der Waals surface area (Å²) in [6, 6.07) is 59.6. The molecule has 0 aliphatic heterocycles. The van der Waals surface area contributed by atoms with Gasteiger partial charge in [-0.05, 0) is 145 Å². The molecular weight excluding hydrogens is 877 g/mol. The van der Waals surface area contributed by atoms with E-state index in [4.69, 9.17) is 8.83 Å². The molecule has 12 aromatic rings. The predicted octanol–water partition coefficient (Wildman–Crippen LogP) is 20.7. The largest absolute Gasteiger partial charge is 0.454 e. The molecular formula is C68H60N2O2. The van der Waals surface area contributed by atoms with E-state index in [0.29, 0.717) is 11.8 Å². The lowest BCUT2D eigenvalue weighted by atomic mass is 9.83. The summed E-state index contributed by atoms with van der Waals surface area (Å²) in [5, 5.41) is 12.1. The zero-order valence-electron chi connectivity index (χ0n) is 41.9. The Kier molecular flexibility index (Phi) is 10.2. The van der Waals surface area contributed by atoms with Crippen LogP contribution in [0.15, 0.2) is 167 Å². The molecule has 0 radical (unpaired) electrons. The summed E-state index contributed by atoms with van der Waals surface area (Å²) in [7, 11) is 0. The minimum absolute atomic E-state index is 0.529. The fourth-order valence-corrected chi connectivity index (χ4v) is 13.5. The number of furan rings is 2. The molecule has 2 aliphatic rings. The normalized spacial score (nSPS) is 15.1. The van der Waals surface area contributed by atoms with Crippen LogP contribution in [-0.2, 0) is 0 Å². The summed E-state index contributed by atoms with van der Waals surface area (Å²) in [6.45, 7) is 8.87. The van der Waals surface area contributed by atoms with Gasteiger partial charge in [0.05, 0.1) is 22.7 Å². The molecule has 10 aromatic carbocycles. The van der Waals surface area contributed by atoms with E-state index in [0.717, 1.165) is 67.2 Å². The molecule has 2 saturated carbocycles. The Morgan fingerprint density at radius 1 is 0.333 bits per heavy atom. The zero-order chi connectivity index (χ0) is 48.2. The van der Waals surface area contributed by atoms with Crippen LogP contribution in [0.3, 0.4) is 0 Å². The Labute approximate surface area is 421 Å². The minimum atomic E-state index is 0.529. The van der Waals surface area contributed by atoms with Crippen molar-refractivity contribution in [3.63, 3.8) is 0 Å². The SMILES string of the molecule is Cc1ccc(N(c2ccc3ccc4c(N(c5ccc(C)cc5C)c5cccc6c5oc5c(C7CCCCC7)cccc56)ccc5ccc2c3c54)c2cccc3c2oc2c(C4CCCCC4)cccc23)c(C)c1. The van der Waals surface area contributed by atoms with Crippen LogP contribution < -0.4 is 9.80 Å². The Morgan fingerprint density at radius 2 is 0.708 bits per heavy atom. The Morgan fingerprint density at radius 3 is 1.12 bits per heavy atom. The van der Waals surface area contributed by atoms with Gasteiger partial charge in [0.25, 0.3) is 0 Å². The molecule has 0 saturated heterocycles. The standard InChI is InChI=1S/C68H60N2O2/c1-41-27-35-57(43(3)39-41)69(61-25-13-23-53-51-21-11-19-49(65(51)71-67(53)61)45-15-7-5-8-16-45)59-37-31-47-30-34-56-60(38-32-48-29-33-55(59)63(47)64(48)56)70(58-36-28-42(2)40-44(58)4)62-26-14-24-54-52-22-12-20-50(66(52)72-68(54)62)46-17-9-6-10-18-46/h11-14,19-40,45-46H,5-10,15-18H2,1-4H3. The van der Waals surface area contributed by atoms with Gasteiger partial charge in [-0.1, -0.05) is 171 Å². The number of nitrogens with zero attached hydrogens (tertiary/aromatic N) is 2. The maximum Gasteiger partial charge on any atom is 0.159 e. The van der Waals surface area contributed by atoms with Crippen LogP contribution in [0, 0.1) is 27.7 Å². The van der Waals surface area contributed by atoms with Gasteiger partial charge in [-0.3, -0.25) is 0 Å². The minimum Gasteiger partial charge on any atom is -0.454 e. The van der Waals surface area contributed by atoms with Crippen molar-refractivity contribution in [1.29, 1.82) is 0 Å². The van der Waals surface area contributed by atoms with Crippen molar-refractivity contribution in [2.75, 3.05) is 9.80 Å². The lowest BCUT2D eigenvalue weighted by Crippen LogP contribution is -2.13. The number of rotatable bonds is 8. The first kappa shape index (κ1) is 43.2. The fourth-order valence-electron chi connectivity index (χ4n) is 13.5. The quantitative estimate of drug-likeness (QED) is 0.142. The Balaban J connectivity index is 1.00. The molecule has 2 aliphatic carbocycles. The van der Waals surface area contributed by atoms with Crippen molar-refractivity contribution < 1.29 is 8.83 Å². The maximum absolute atomic E-state index is 7.26. The maximum atomic E-state index is 7.26. The first-order valence-corrected chi connectivity index (χ1v) is 26.7. The molecule has 0 amide bonds. The first-order valence-electron chi connectivity index (χ1n) is 26.7. The molecule has 0 unspecified atom stereocenters. The molecule has 354 valence electrons. The van der Waals surface area contributed by atoms with Crippen molar-refractivity contribution in [2.45, 2.75) is 104 Å². The van der Waals surface area contributed by atoms with E-state index >= 15 is 0 Å². The van der Waals surface area contributed by atoms with Gasteiger partial charge in [-0.25, -0.2) is 0 Å². The van der Waals surface area contributed by atoms with E-state index in [-0.39, 0.29) is 0 Å². The topological polar surface area (TPSA) is 32.8 Å². The second kappa shape index (κ2) is 17.1. The van der Waals surface area contributed by atoms with Crippen LogP contribution in [0.5, 0.6) is 0 Å². The summed E-state index contributed by atoms with van der Waals surface area (Å²) >= 11 is 0. The molecule has 0 N–H and O–H groups in total. The van der Waals surface area contributed by atoms with Gasteiger partial charge >= 0.3 is 0 Å². The summed E-state index contributed by atoms with van der Waals surface area (Å²) in [5.74, 6) is 1.06. The van der Waals surface area contributed by atoms with Gasteiger partial charge < -0.3 is 18.6 Å². The van der Waals surface area contributed by atoms with Gasteiger partial charge in [-0.15, -0.1) is 0 Å². The highest BCUT2D eigenvalue weighted by atomic mass is 16.3. The number of fused-ring (bicyclic) bond motifs is 6. The molecule has 4 nitrogen and oxygen atoms in total. The average molecular weight is 937 g/mol. The first-order chi connectivity index (χ1) is 35.4. The van der Waals surface area contributed by atoms with Crippen LogP contribution in [0.2, 0.25) is 0 Å². The van der Waals surface area contributed by atoms with E-state index in [2.05, 4.69) is 195 Å². The van der Waals surface area contributed by atoms with Gasteiger partial charge in [-0.2, -0.15) is 0 Å². The van der Waals surface area contributed by atoms with E-state index < -0.39 is 0 Å². The fraction of sp³-hybridized carbons (Fsp3) is 0.235. The van der Waals surface area contributed by atoms with Crippen LogP contribution in [0.4, 0.5) is 34.1 Å². The monoisotopic (exact) mass is 936 g/mol. The van der Waals surface area contributed by atoms with E-state index in [1.165, 1.54) is 141 Å². The van der Waals surface area contributed by atoms with E-state index in [1.807, 2.05) is 0 Å². The van der Waals surface area contributed by atoms with Crippen molar-refractivity contribution in [1.82, 2.24) is 0 Å². The van der Waals surface area contributed by atoms with Crippen molar-refractivity contribution in [3.8, 4) is 0 Å². The molecule has 2 heterocycles. The third-order valence-electron chi connectivity index (χ3n) is 16.9. The van der Waals surface area contributed by atoms with Crippen LogP contribution >= 0.6 is 0 Å². The van der Waals surface area contributed by atoms with Gasteiger partial charge in [0, 0.05) is 43.7 Å². The second-order valence-corrected chi connectivity index (χ2v) is 21.5. The number of hydrogen-bond donors (Lipinski definition) is 0. The summed E-state index contributed by atoms with van der Waals surface area (Å²) in [6.07, 6.45) is 12.7. The van der Waals surface area contributed by atoms with Gasteiger partial charge in [0.1, 0.15) is 11.2 Å². The van der Waals surface area contributed by atoms with Crippen LogP contribution in [0.1, 0.15) is 109 Å². The summed E-state index contributed by atoms with van der Waals surface area (Å²) in [4.78, 5) is 4.97. The van der Waals surface area contributed by atoms with Crippen LogP contribution in [0.25, 0.3) is 76.2 Å². The van der Waals surface area contributed by atoms with E-state index in [1.54, 1.807) is 0 Å². The third-order valence-corrected chi connectivity index (χ3v) is 16.9. The van der Waals surface area contributed by atoms with Gasteiger partial charge in [0.2, 0.25) is 0 Å². The second-order valence-electron chi connectivity index (χ2n) is 21.5. The highest BCUT2D eigenvalue weighted by molar-refractivity contribution is 6.29. The highest BCUT2D eigenvalue weighted by Gasteiger charge is 2.29. The van der Waals surface area contributed by atoms with Crippen molar-refractivity contribution in [2.24, 2.45) is 0 Å². The molecule has 2 aromatic heterocycles. The number of benzene rings is 10. The molecule has 4 heteroatoms.